The number of hydrogen-bond donors (Lipinski definition) is 1. The van der Waals surface area contributed by atoms with Gasteiger partial charge in [-0.2, -0.15) is 0 Å². The van der Waals surface area contributed by atoms with Crippen molar-refractivity contribution in [2.24, 2.45) is 0 Å². The molecule has 0 saturated heterocycles. The van der Waals surface area contributed by atoms with Gasteiger partial charge in [0.25, 0.3) is 0 Å². The lowest BCUT2D eigenvalue weighted by molar-refractivity contribution is 0.627. The first-order valence-electron chi connectivity index (χ1n) is 4.67. The van der Waals surface area contributed by atoms with E-state index in [4.69, 9.17) is 5.73 Å². The number of aryl methyl sites for hydroxylation is 1. The summed E-state index contributed by atoms with van der Waals surface area (Å²) in [5, 5.41) is 0.610. The van der Waals surface area contributed by atoms with Crippen LogP contribution in [0.5, 0.6) is 0 Å². The molecule has 2 N–H and O–H groups in total. The van der Waals surface area contributed by atoms with Crippen LogP contribution in [-0.4, -0.2) is 9.97 Å². The molecule has 0 saturated carbocycles. The topological polar surface area (TPSA) is 51.8 Å². The largest absolute Gasteiger partial charge is 0.398 e. The zero-order valence-electron chi connectivity index (χ0n) is 8.64. The number of nitrogens with two attached hydrogens (primary N) is 1. The Morgan fingerprint density at radius 2 is 2.12 bits per heavy atom. The fourth-order valence-electron chi connectivity index (χ4n) is 1.19. The highest BCUT2D eigenvalue weighted by Gasteiger charge is 2.05. The van der Waals surface area contributed by atoms with Gasteiger partial charge in [0.05, 0.1) is 0 Å². The zero-order chi connectivity index (χ0) is 11.5. The average molecular weight is 235 g/mol. The maximum Gasteiger partial charge on any atom is 0.192 e. The number of hydrogen-bond acceptors (Lipinski definition) is 4. The minimum Gasteiger partial charge on any atom is -0.398 e. The SMILES string of the molecule is Cc1ccnc(Sc2ccc(F)cc2N)n1. The molecule has 0 spiro atoms. The summed E-state index contributed by atoms with van der Waals surface area (Å²) in [5.41, 5.74) is 6.98. The van der Waals surface area contributed by atoms with E-state index in [1.807, 2.05) is 13.0 Å². The second-order valence-electron chi connectivity index (χ2n) is 3.26. The first kappa shape index (κ1) is 10.9. The average Bonchev–Trinajstić information content (AvgIpc) is 2.22. The summed E-state index contributed by atoms with van der Waals surface area (Å²) < 4.78 is 12.8. The highest BCUT2D eigenvalue weighted by atomic mass is 32.2. The fourth-order valence-corrected chi connectivity index (χ4v) is 2.00. The molecule has 2 aromatic rings. The van der Waals surface area contributed by atoms with Gasteiger partial charge in [0.2, 0.25) is 0 Å². The van der Waals surface area contributed by atoms with Crippen LogP contribution in [0.15, 0.2) is 40.5 Å². The second-order valence-corrected chi connectivity index (χ2v) is 4.27. The molecule has 0 fully saturated rings. The van der Waals surface area contributed by atoms with Crippen molar-refractivity contribution in [2.75, 3.05) is 5.73 Å². The Kier molecular flexibility index (Phi) is 3.05. The highest BCUT2D eigenvalue weighted by molar-refractivity contribution is 7.99. The second kappa shape index (κ2) is 4.49. The van der Waals surface area contributed by atoms with E-state index in [0.717, 1.165) is 10.6 Å². The minimum absolute atomic E-state index is 0.341. The van der Waals surface area contributed by atoms with Gasteiger partial charge in [0.15, 0.2) is 5.16 Å². The van der Waals surface area contributed by atoms with E-state index in [0.29, 0.717) is 10.8 Å². The smallest absolute Gasteiger partial charge is 0.192 e. The molecule has 0 radical (unpaired) electrons. The van der Waals surface area contributed by atoms with Gasteiger partial charge in [-0.3, -0.25) is 0 Å². The lowest BCUT2D eigenvalue weighted by Gasteiger charge is -2.04. The van der Waals surface area contributed by atoms with E-state index in [1.54, 1.807) is 12.3 Å². The predicted molar refractivity (Wildman–Crippen MR) is 61.7 cm³/mol. The highest BCUT2D eigenvalue weighted by Crippen LogP contribution is 2.29. The number of nitrogen functional groups attached to an aromatic ring is 1. The van der Waals surface area contributed by atoms with Gasteiger partial charge in [-0.25, -0.2) is 14.4 Å². The van der Waals surface area contributed by atoms with E-state index in [2.05, 4.69) is 9.97 Å². The molecular weight excluding hydrogens is 225 g/mol. The van der Waals surface area contributed by atoms with Crippen molar-refractivity contribution in [3.63, 3.8) is 0 Å². The van der Waals surface area contributed by atoms with Crippen molar-refractivity contribution in [2.45, 2.75) is 17.0 Å². The summed E-state index contributed by atoms with van der Waals surface area (Å²) in [6, 6.07) is 6.10. The third-order valence-electron chi connectivity index (χ3n) is 1.95. The van der Waals surface area contributed by atoms with Crippen molar-refractivity contribution in [1.29, 1.82) is 0 Å². The minimum atomic E-state index is -0.341. The molecule has 3 nitrogen and oxygen atoms in total. The predicted octanol–water partition coefficient (Wildman–Crippen LogP) is 2.66. The normalized spacial score (nSPS) is 10.4. The molecule has 0 aliphatic rings. The van der Waals surface area contributed by atoms with Crippen LogP contribution in [0.1, 0.15) is 5.69 Å². The van der Waals surface area contributed by atoms with Crippen molar-refractivity contribution in [1.82, 2.24) is 9.97 Å². The van der Waals surface area contributed by atoms with Crippen molar-refractivity contribution in [3.8, 4) is 0 Å². The molecule has 2 rings (SSSR count). The molecule has 0 unspecified atom stereocenters. The van der Waals surface area contributed by atoms with Gasteiger partial charge in [-0.1, -0.05) is 0 Å². The van der Waals surface area contributed by atoms with Crippen LogP contribution in [0.4, 0.5) is 10.1 Å². The van der Waals surface area contributed by atoms with E-state index in [9.17, 15) is 4.39 Å². The number of halogens is 1. The van der Waals surface area contributed by atoms with Gasteiger partial charge in [0, 0.05) is 22.5 Å². The van der Waals surface area contributed by atoms with Crippen LogP contribution in [0, 0.1) is 12.7 Å². The lowest BCUT2D eigenvalue weighted by Crippen LogP contribution is -1.92. The van der Waals surface area contributed by atoms with Crippen molar-refractivity contribution >= 4 is 17.4 Å². The van der Waals surface area contributed by atoms with E-state index in [1.165, 1.54) is 23.9 Å². The molecule has 16 heavy (non-hydrogen) atoms. The van der Waals surface area contributed by atoms with Crippen molar-refractivity contribution < 1.29 is 4.39 Å². The van der Waals surface area contributed by atoms with Crippen LogP contribution >= 0.6 is 11.8 Å². The summed E-state index contributed by atoms with van der Waals surface area (Å²) >= 11 is 1.32. The third-order valence-corrected chi connectivity index (χ3v) is 2.92. The zero-order valence-corrected chi connectivity index (χ0v) is 9.46. The summed E-state index contributed by atoms with van der Waals surface area (Å²) in [4.78, 5) is 9.09. The molecule has 82 valence electrons. The maximum atomic E-state index is 12.8. The Bertz CT molecular complexity index is 516. The molecule has 1 aromatic carbocycles. The fraction of sp³-hybridized carbons (Fsp3) is 0.0909. The first-order valence-corrected chi connectivity index (χ1v) is 5.49. The van der Waals surface area contributed by atoms with Gasteiger partial charge in [-0.15, -0.1) is 0 Å². The van der Waals surface area contributed by atoms with Crippen molar-refractivity contribution in [3.05, 3.63) is 42.0 Å². The molecular formula is C11H10FN3S. The van der Waals surface area contributed by atoms with E-state index >= 15 is 0 Å². The van der Waals surface area contributed by atoms with Gasteiger partial charge in [-0.05, 0) is 43.0 Å². The summed E-state index contributed by atoms with van der Waals surface area (Å²) in [6.45, 7) is 1.89. The molecule has 0 aliphatic carbocycles. The molecule has 1 aromatic heterocycles. The molecule has 0 aliphatic heterocycles. The standard InChI is InChI=1S/C11H10FN3S/c1-7-4-5-14-11(15-7)16-10-3-2-8(12)6-9(10)13/h2-6H,13H2,1H3. The van der Waals surface area contributed by atoms with Crippen LogP contribution in [0.25, 0.3) is 0 Å². The lowest BCUT2D eigenvalue weighted by atomic mass is 10.3. The Labute approximate surface area is 96.9 Å². The first-order chi connectivity index (χ1) is 7.65. The molecule has 0 amide bonds. The number of benzene rings is 1. The number of nitrogens with zero attached hydrogens (tertiary/aromatic N) is 2. The Hall–Kier alpha value is -1.62. The molecule has 0 bridgehead atoms. The van der Waals surface area contributed by atoms with Gasteiger partial charge >= 0.3 is 0 Å². The van der Waals surface area contributed by atoms with Gasteiger partial charge < -0.3 is 5.73 Å². The van der Waals surface area contributed by atoms with Crippen LogP contribution in [0.2, 0.25) is 0 Å². The molecule has 1 heterocycles. The summed E-state index contributed by atoms with van der Waals surface area (Å²) in [6.07, 6.45) is 1.68. The van der Waals surface area contributed by atoms with Crippen LogP contribution in [0.3, 0.4) is 0 Å². The number of aromatic nitrogens is 2. The summed E-state index contributed by atoms with van der Waals surface area (Å²) in [5.74, 6) is -0.341. The Morgan fingerprint density at radius 1 is 1.31 bits per heavy atom. The number of anilines is 1. The van der Waals surface area contributed by atoms with Crippen LogP contribution in [-0.2, 0) is 0 Å². The monoisotopic (exact) mass is 235 g/mol. The maximum absolute atomic E-state index is 12.8. The quantitative estimate of drug-likeness (QED) is 0.642. The third kappa shape index (κ3) is 2.49. The Balaban J connectivity index is 2.27. The molecule has 5 heteroatoms. The van der Waals surface area contributed by atoms with Crippen LogP contribution < -0.4 is 5.73 Å². The number of rotatable bonds is 2. The Morgan fingerprint density at radius 3 is 2.81 bits per heavy atom. The van der Waals surface area contributed by atoms with Gasteiger partial charge in [0.1, 0.15) is 5.82 Å². The molecule has 0 atom stereocenters. The van der Waals surface area contributed by atoms with E-state index < -0.39 is 0 Å². The van der Waals surface area contributed by atoms with E-state index in [-0.39, 0.29) is 5.82 Å². The summed E-state index contributed by atoms with van der Waals surface area (Å²) in [7, 11) is 0.